The molecule has 0 amide bonds. The molecule has 0 spiro atoms. The van der Waals surface area contributed by atoms with Crippen molar-refractivity contribution in [3.8, 4) is 0 Å². The lowest BCUT2D eigenvalue weighted by Crippen LogP contribution is -2.27. The van der Waals surface area contributed by atoms with E-state index in [1.54, 1.807) is 31.2 Å². The minimum Gasteiger partial charge on any atom is -0.386 e. The summed E-state index contributed by atoms with van der Waals surface area (Å²) >= 11 is 0. The molecule has 3 aromatic rings. The number of aromatic nitrogens is 2. The third kappa shape index (κ3) is 2.85. The van der Waals surface area contributed by atoms with Crippen LogP contribution in [0.3, 0.4) is 0 Å². The SMILES string of the molecule is Cc1nc2ccccc2c(=O)n1C[C@H](O)c1cc(F)ccc1F. The molecule has 0 aliphatic carbocycles. The van der Waals surface area contributed by atoms with Crippen LogP contribution >= 0.6 is 0 Å². The molecule has 0 unspecified atom stereocenters. The molecule has 23 heavy (non-hydrogen) atoms. The van der Waals surface area contributed by atoms with Gasteiger partial charge in [-0.1, -0.05) is 12.1 Å². The number of hydrogen-bond donors (Lipinski definition) is 1. The molecule has 0 aliphatic rings. The first-order valence-electron chi connectivity index (χ1n) is 7.06. The van der Waals surface area contributed by atoms with Crippen molar-refractivity contribution < 1.29 is 13.9 Å². The maximum Gasteiger partial charge on any atom is 0.261 e. The minimum atomic E-state index is -1.36. The van der Waals surface area contributed by atoms with Crippen LogP contribution in [0.2, 0.25) is 0 Å². The van der Waals surface area contributed by atoms with Crippen LogP contribution in [0.4, 0.5) is 8.78 Å². The highest BCUT2D eigenvalue weighted by Gasteiger charge is 2.17. The van der Waals surface area contributed by atoms with Crippen LogP contribution in [0.25, 0.3) is 10.9 Å². The van der Waals surface area contributed by atoms with Crippen LogP contribution in [0, 0.1) is 18.6 Å². The Morgan fingerprint density at radius 2 is 1.96 bits per heavy atom. The summed E-state index contributed by atoms with van der Waals surface area (Å²) in [6, 6.07) is 9.69. The molecule has 0 aliphatic heterocycles. The fraction of sp³-hybridized carbons (Fsp3) is 0.176. The van der Waals surface area contributed by atoms with Gasteiger partial charge in [0.1, 0.15) is 17.5 Å². The molecule has 6 heteroatoms. The van der Waals surface area contributed by atoms with E-state index in [0.717, 1.165) is 18.2 Å². The van der Waals surface area contributed by atoms with Crippen molar-refractivity contribution in [2.45, 2.75) is 19.6 Å². The van der Waals surface area contributed by atoms with Crippen molar-refractivity contribution in [3.63, 3.8) is 0 Å². The van der Waals surface area contributed by atoms with Gasteiger partial charge in [-0.2, -0.15) is 0 Å². The maximum atomic E-state index is 13.7. The predicted molar refractivity (Wildman–Crippen MR) is 82.1 cm³/mol. The van der Waals surface area contributed by atoms with Gasteiger partial charge in [-0.25, -0.2) is 13.8 Å². The van der Waals surface area contributed by atoms with Gasteiger partial charge in [-0.05, 0) is 37.3 Å². The monoisotopic (exact) mass is 316 g/mol. The molecule has 4 nitrogen and oxygen atoms in total. The van der Waals surface area contributed by atoms with Crippen LogP contribution in [0.15, 0.2) is 47.3 Å². The Kier molecular flexibility index (Phi) is 3.92. The van der Waals surface area contributed by atoms with Crippen molar-refractivity contribution in [2.75, 3.05) is 0 Å². The lowest BCUT2D eigenvalue weighted by atomic mass is 10.1. The fourth-order valence-corrected chi connectivity index (χ4v) is 2.54. The summed E-state index contributed by atoms with van der Waals surface area (Å²) < 4.78 is 28.3. The van der Waals surface area contributed by atoms with Gasteiger partial charge >= 0.3 is 0 Å². The minimum absolute atomic E-state index is 0.190. The van der Waals surface area contributed by atoms with Gasteiger partial charge in [-0.3, -0.25) is 9.36 Å². The first-order chi connectivity index (χ1) is 11.0. The quantitative estimate of drug-likeness (QED) is 0.808. The molecule has 0 radical (unpaired) electrons. The van der Waals surface area contributed by atoms with E-state index in [1.165, 1.54) is 4.57 Å². The van der Waals surface area contributed by atoms with Crippen LogP contribution in [-0.2, 0) is 6.54 Å². The van der Waals surface area contributed by atoms with E-state index in [0.29, 0.717) is 16.7 Å². The Labute approximate surface area is 130 Å². The normalized spacial score (nSPS) is 12.5. The number of rotatable bonds is 3. The Hall–Kier alpha value is -2.60. The van der Waals surface area contributed by atoms with Gasteiger partial charge in [-0.15, -0.1) is 0 Å². The first-order valence-corrected chi connectivity index (χ1v) is 7.06. The molecule has 0 saturated heterocycles. The highest BCUT2D eigenvalue weighted by Crippen LogP contribution is 2.20. The maximum absolute atomic E-state index is 13.7. The first kappa shape index (κ1) is 15.3. The third-order valence-electron chi connectivity index (χ3n) is 3.73. The van der Waals surface area contributed by atoms with E-state index >= 15 is 0 Å². The Morgan fingerprint density at radius 3 is 2.74 bits per heavy atom. The molecule has 1 N–H and O–H groups in total. The van der Waals surface area contributed by atoms with Crippen LogP contribution in [0.5, 0.6) is 0 Å². The zero-order valence-corrected chi connectivity index (χ0v) is 12.3. The predicted octanol–water partition coefficient (Wildman–Crippen LogP) is 2.72. The standard InChI is InChI=1S/C17H14F2N2O2/c1-10-20-15-5-3-2-4-12(15)17(23)21(10)9-16(22)13-8-11(18)6-7-14(13)19/h2-8,16,22H,9H2,1H3/t16-/m0/s1. The zero-order chi connectivity index (χ0) is 16.6. The lowest BCUT2D eigenvalue weighted by molar-refractivity contribution is 0.149. The molecule has 118 valence electrons. The van der Waals surface area contributed by atoms with E-state index < -0.39 is 17.7 Å². The van der Waals surface area contributed by atoms with Gasteiger partial charge in [0.15, 0.2) is 0 Å². The Morgan fingerprint density at radius 1 is 1.22 bits per heavy atom. The summed E-state index contributed by atoms with van der Waals surface area (Å²) in [7, 11) is 0. The van der Waals surface area contributed by atoms with E-state index in [4.69, 9.17) is 0 Å². The fourth-order valence-electron chi connectivity index (χ4n) is 2.54. The van der Waals surface area contributed by atoms with E-state index in [2.05, 4.69) is 4.98 Å². The average Bonchev–Trinajstić information content (AvgIpc) is 2.53. The largest absolute Gasteiger partial charge is 0.386 e. The van der Waals surface area contributed by atoms with Gasteiger partial charge in [0, 0.05) is 5.56 Å². The molecule has 1 aromatic heterocycles. The van der Waals surface area contributed by atoms with Crippen molar-refractivity contribution in [1.82, 2.24) is 9.55 Å². The summed E-state index contributed by atoms with van der Waals surface area (Å²) in [5.74, 6) is -0.982. The van der Waals surface area contributed by atoms with Crippen LogP contribution in [-0.4, -0.2) is 14.7 Å². The second-order valence-electron chi connectivity index (χ2n) is 5.27. The summed E-state index contributed by atoms with van der Waals surface area (Å²) in [4.78, 5) is 16.8. The van der Waals surface area contributed by atoms with E-state index in [1.807, 2.05) is 0 Å². The smallest absolute Gasteiger partial charge is 0.261 e. The molecule has 3 rings (SSSR count). The number of fused-ring (bicyclic) bond motifs is 1. The summed E-state index contributed by atoms with van der Waals surface area (Å²) in [6.45, 7) is 1.42. The highest BCUT2D eigenvalue weighted by atomic mass is 19.1. The molecule has 1 atom stereocenters. The van der Waals surface area contributed by atoms with Crippen LogP contribution < -0.4 is 5.56 Å². The lowest BCUT2D eigenvalue weighted by Gasteiger charge is -2.16. The molecule has 0 fully saturated rings. The zero-order valence-electron chi connectivity index (χ0n) is 12.3. The van der Waals surface area contributed by atoms with Gasteiger partial charge < -0.3 is 5.11 Å². The summed E-state index contributed by atoms with van der Waals surface area (Å²) in [6.07, 6.45) is -1.36. The summed E-state index contributed by atoms with van der Waals surface area (Å²) in [5, 5.41) is 10.6. The number of aryl methyl sites for hydroxylation is 1. The number of para-hydroxylation sites is 1. The number of nitrogens with zero attached hydrogens (tertiary/aromatic N) is 2. The number of hydrogen-bond acceptors (Lipinski definition) is 3. The topological polar surface area (TPSA) is 55.1 Å². The van der Waals surface area contributed by atoms with E-state index in [9.17, 15) is 18.7 Å². The molecule has 1 heterocycles. The Balaban J connectivity index is 2.04. The van der Waals surface area contributed by atoms with Gasteiger partial charge in [0.25, 0.3) is 5.56 Å². The molecule has 0 bridgehead atoms. The summed E-state index contributed by atoms with van der Waals surface area (Å²) in [5.41, 5.74) is 0.0334. The number of benzene rings is 2. The highest BCUT2D eigenvalue weighted by molar-refractivity contribution is 5.77. The Bertz CT molecular complexity index is 938. The second kappa shape index (κ2) is 5.89. The molecule has 2 aromatic carbocycles. The molecule has 0 saturated carbocycles. The van der Waals surface area contributed by atoms with Crippen LogP contribution in [0.1, 0.15) is 17.5 Å². The second-order valence-corrected chi connectivity index (χ2v) is 5.27. The molecular weight excluding hydrogens is 302 g/mol. The van der Waals surface area contributed by atoms with Gasteiger partial charge in [0.05, 0.1) is 23.6 Å². The number of aliphatic hydroxyl groups is 1. The van der Waals surface area contributed by atoms with E-state index in [-0.39, 0.29) is 17.7 Å². The van der Waals surface area contributed by atoms with Crippen molar-refractivity contribution in [3.05, 3.63) is 75.8 Å². The van der Waals surface area contributed by atoms with Crippen molar-refractivity contribution >= 4 is 10.9 Å². The molecular formula is C17H14F2N2O2. The van der Waals surface area contributed by atoms with Gasteiger partial charge in [0.2, 0.25) is 0 Å². The average molecular weight is 316 g/mol. The van der Waals surface area contributed by atoms with Crippen molar-refractivity contribution in [2.24, 2.45) is 0 Å². The third-order valence-corrected chi connectivity index (χ3v) is 3.73. The van der Waals surface area contributed by atoms with Crippen molar-refractivity contribution in [1.29, 1.82) is 0 Å². The number of aliphatic hydroxyl groups excluding tert-OH is 1. The number of halogens is 2.